The minimum Gasteiger partial charge on any atom is -0.495 e. The van der Waals surface area contributed by atoms with E-state index >= 15 is 0 Å². The van der Waals surface area contributed by atoms with Crippen LogP contribution in [0.5, 0.6) is 5.75 Å². The molecule has 1 amide bonds. The molecule has 0 aliphatic rings. The molecule has 4 rings (SSSR count). The molecule has 0 atom stereocenters. The third kappa shape index (κ3) is 2.96. The zero-order chi connectivity index (χ0) is 19.8. The number of nitrogens with one attached hydrogen (secondary N) is 2. The lowest BCUT2D eigenvalue weighted by Gasteiger charge is -2.11. The average Bonchev–Trinajstić information content (AvgIpc) is 2.68. The van der Waals surface area contributed by atoms with Gasteiger partial charge in [0.2, 0.25) is 5.43 Å². The number of ether oxygens (including phenoxy) is 1. The second-order valence-corrected chi connectivity index (χ2v) is 6.34. The second kappa shape index (κ2) is 6.77. The molecule has 28 heavy (non-hydrogen) atoms. The summed E-state index contributed by atoms with van der Waals surface area (Å²) in [5, 5.41) is 3.50. The fraction of sp³-hybridized carbons (Fsp3) is 0.0952. The Labute approximate surface area is 159 Å². The summed E-state index contributed by atoms with van der Waals surface area (Å²) in [4.78, 5) is 32.9. The second-order valence-electron chi connectivity index (χ2n) is 6.34. The molecule has 0 aliphatic heterocycles. The van der Waals surface area contributed by atoms with Crippen LogP contribution in [0.25, 0.3) is 21.8 Å². The van der Waals surface area contributed by atoms with Crippen LogP contribution in [0.15, 0.2) is 53.5 Å². The van der Waals surface area contributed by atoms with Crippen LogP contribution in [0.2, 0.25) is 0 Å². The van der Waals surface area contributed by atoms with Crippen LogP contribution in [-0.2, 0) is 0 Å². The number of nitrogens with zero attached hydrogens (tertiary/aromatic N) is 1. The maximum absolute atomic E-state index is 13.7. The van der Waals surface area contributed by atoms with E-state index in [1.807, 2.05) is 0 Å². The third-order valence-corrected chi connectivity index (χ3v) is 4.49. The van der Waals surface area contributed by atoms with E-state index in [4.69, 9.17) is 4.74 Å². The molecular weight excluding hydrogens is 361 g/mol. The molecule has 0 aliphatic carbocycles. The number of amides is 1. The van der Waals surface area contributed by atoms with Gasteiger partial charge in [0.15, 0.2) is 0 Å². The van der Waals surface area contributed by atoms with Gasteiger partial charge in [-0.25, -0.2) is 4.39 Å². The first-order valence-corrected chi connectivity index (χ1v) is 8.54. The Hall–Kier alpha value is -3.74. The Kier molecular flexibility index (Phi) is 4.27. The first-order chi connectivity index (χ1) is 13.5. The summed E-state index contributed by atoms with van der Waals surface area (Å²) in [6, 6.07) is 10.8. The van der Waals surface area contributed by atoms with E-state index in [-0.39, 0.29) is 5.56 Å². The van der Waals surface area contributed by atoms with Crippen molar-refractivity contribution in [3.05, 3.63) is 76.0 Å². The van der Waals surface area contributed by atoms with Crippen molar-refractivity contribution in [3.8, 4) is 5.75 Å². The van der Waals surface area contributed by atoms with Gasteiger partial charge in [0.1, 0.15) is 17.1 Å². The number of rotatable bonds is 3. The zero-order valence-corrected chi connectivity index (χ0v) is 15.2. The highest BCUT2D eigenvalue weighted by molar-refractivity contribution is 6.09. The average molecular weight is 377 g/mol. The topological polar surface area (TPSA) is 84.1 Å². The summed E-state index contributed by atoms with van der Waals surface area (Å²) < 4.78 is 18.9. The van der Waals surface area contributed by atoms with Crippen LogP contribution in [0.4, 0.5) is 10.1 Å². The monoisotopic (exact) mass is 377 g/mol. The molecule has 0 spiro atoms. The van der Waals surface area contributed by atoms with Crippen molar-refractivity contribution >= 4 is 33.4 Å². The maximum atomic E-state index is 13.7. The fourth-order valence-corrected chi connectivity index (χ4v) is 3.19. The lowest BCUT2D eigenvalue weighted by molar-refractivity contribution is 0.102. The highest BCUT2D eigenvalue weighted by Gasteiger charge is 2.16. The summed E-state index contributed by atoms with van der Waals surface area (Å²) in [7, 11) is 1.50. The molecule has 2 aromatic carbocycles. The molecule has 0 saturated carbocycles. The fourth-order valence-electron chi connectivity index (χ4n) is 3.19. The number of carbonyl (C=O) groups excluding carboxylic acids is 1. The molecule has 140 valence electrons. The van der Waals surface area contributed by atoms with Gasteiger partial charge in [0.05, 0.1) is 29.2 Å². The Morgan fingerprint density at radius 3 is 2.79 bits per heavy atom. The van der Waals surface area contributed by atoms with Gasteiger partial charge in [-0.05, 0) is 43.3 Å². The van der Waals surface area contributed by atoms with Gasteiger partial charge in [-0.2, -0.15) is 0 Å². The first kappa shape index (κ1) is 17.7. The molecule has 0 bridgehead atoms. The smallest absolute Gasteiger partial charge is 0.261 e. The Bertz CT molecular complexity index is 1300. The molecule has 0 saturated heterocycles. The van der Waals surface area contributed by atoms with E-state index in [9.17, 15) is 14.0 Å². The molecule has 4 aromatic rings. The number of fused-ring (bicyclic) bond motifs is 2. The number of anilines is 1. The highest BCUT2D eigenvalue weighted by atomic mass is 19.1. The van der Waals surface area contributed by atoms with Gasteiger partial charge >= 0.3 is 0 Å². The van der Waals surface area contributed by atoms with Crippen LogP contribution < -0.4 is 15.5 Å². The van der Waals surface area contributed by atoms with E-state index in [0.717, 1.165) is 0 Å². The predicted molar refractivity (Wildman–Crippen MR) is 106 cm³/mol. The summed E-state index contributed by atoms with van der Waals surface area (Å²) in [6.45, 7) is 1.77. The minimum absolute atomic E-state index is 0.0558. The molecule has 6 nitrogen and oxygen atoms in total. The quantitative estimate of drug-likeness (QED) is 0.569. The molecule has 2 aromatic heterocycles. The summed E-state index contributed by atoms with van der Waals surface area (Å²) >= 11 is 0. The van der Waals surface area contributed by atoms with E-state index in [0.29, 0.717) is 38.9 Å². The molecule has 0 unspecified atom stereocenters. The number of methoxy groups -OCH3 is 1. The highest BCUT2D eigenvalue weighted by Crippen LogP contribution is 2.25. The van der Waals surface area contributed by atoms with Crippen molar-refractivity contribution in [1.82, 2.24) is 9.97 Å². The van der Waals surface area contributed by atoms with Gasteiger partial charge in [-0.3, -0.25) is 14.6 Å². The molecule has 0 fully saturated rings. The largest absolute Gasteiger partial charge is 0.495 e. The van der Waals surface area contributed by atoms with E-state index in [1.165, 1.54) is 25.4 Å². The van der Waals surface area contributed by atoms with Crippen molar-refractivity contribution in [2.24, 2.45) is 0 Å². The number of pyridine rings is 2. The number of aryl methyl sites for hydroxylation is 1. The van der Waals surface area contributed by atoms with Crippen molar-refractivity contribution in [2.75, 3.05) is 12.4 Å². The number of benzene rings is 2. The number of hydrogen-bond acceptors (Lipinski definition) is 4. The minimum atomic E-state index is -0.595. The number of aromatic amines is 1. The predicted octanol–water partition coefficient (Wildman–Crippen LogP) is 3.78. The number of halogens is 1. The van der Waals surface area contributed by atoms with Gasteiger partial charge in [0.25, 0.3) is 5.91 Å². The number of aromatic nitrogens is 2. The van der Waals surface area contributed by atoms with Crippen LogP contribution in [0.3, 0.4) is 0 Å². The number of carbonyl (C=O) groups is 1. The number of para-hydroxylation sites is 1. The molecule has 7 heteroatoms. The number of H-pyrrole nitrogens is 1. The van der Waals surface area contributed by atoms with E-state index in [2.05, 4.69) is 15.3 Å². The zero-order valence-electron chi connectivity index (χ0n) is 15.2. The molecule has 2 heterocycles. The van der Waals surface area contributed by atoms with Crippen LogP contribution >= 0.6 is 0 Å². The Balaban J connectivity index is 1.80. The van der Waals surface area contributed by atoms with Crippen molar-refractivity contribution in [3.63, 3.8) is 0 Å². The number of hydrogen-bond donors (Lipinski definition) is 2. The summed E-state index contributed by atoms with van der Waals surface area (Å²) in [5.74, 6) is -0.529. The van der Waals surface area contributed by atoms with E-state index in [1.54, 1.807) is 37.3 Å². The maximum Gasteiger partial charge on any atom is 0.261 e. The van der Waals surface area contributed by atoms with Gasteiger partial charge in [0, 0.05) is 17.3 Å². The molecular formula is C21H16FN3O3. The van der Waals surface area contributed by atoms with Crippen molar-refractivity contribution in [2.45, 2.75) is 6.92 Å². The Morgan fingerprint density at radius 2 is 2.00 bits per heavy atom. The van der Waals surface area contributed by atoms with Crippen LogP contribution in [0, 0.1) is 12.7 Å². The standard InChI is InChI=1S/C21H16FN3O3/c1-11-8-17(14-9-12(22)6-7-16(14)24-11)25-21(27)15-10-23-19-13(20(15)26)4-3-5-18(19)28-2/h3-10H,1-2H3,(H,23,26)(H,24,25,27). The lowest BCUT2D eigenvalue weighted by atomic mass is 10.1. The normalized spacial score (nSPS) is 11.0. The Morgan fingerprint density at radius 1 is 1.18 bits per heavy atom. The third-order valence-electron chi connectivity index (χ3n) is 4.49. The van der Waals surface area contributed by atoms with Crippen molar-refractivity contribution < 1.29 is 13.9 Å². The first-order valence-electron chi connectivity index (χ1n) is 8.54. The van der Waals surface area contributed by atoms with Gasteiger partial charge in [-0.15, -0.1) is 0 Å². The van der Waals surface area contributed by atoms with Crippen molar-refractivity contribution in [1.29, 1.82) is 0 Å². The van der Waals surface area contributed by atoms with Gasteiger partial charge in [-0.1, -0.05) is 6.07 Å². The summed E-state index contributed by atoms with van der Waals surface area (Å²) in [6.07, 6.45) is 1.35. The lowest BCUT2D eigenvalue weighted by Crippen LogP contribution is -2.22. The van der Waals surface area contributed by atoms with E-state index < -0.39 is 17.2 Å². The molecule has 0 radical (unpaired) electrons. The summed E-state index contributed by atoms with van der Waals surface area (Å²) in [5.41, 5.74) is 1.63. The van der Waals surface area contributed by atoms with Gasteiger partial charge < -0.3 is 15.0 Å². The van der Waals surface area contributed by atoms with Crippen LogP contribution in [-0.4, -0.2) is 23.0 Å². The SMILES string of the molecule is COc1cccc2c(=O)c(C(=O)Nc3cc(C)nc4ccc(F)cc34)c[nH]c12. The molecule has 2 N–H and O–H groups in total. The van der Waals surface area contributed by atoms with Crippen LogP contribution in [0.1, 0.15) is 16.1 Å².